The smallest absolute Gasteiger partial charge is 0.258 e. The lowest BCUT2D eigenvalue weighted by atomic mass is 10.1. The van der Waals surface area contributed by atoms with Crippen LogP contribution >= 0.6 is 0 Å². The highest BCUT2D eigenvalue weighted by molar-refractivity contribution is 5.99. The molecule has 144 valence electrons. The highest BCUT2D eigenvalue weighted by Crippen LogP contribution is 2.27. The van der Waals surface area contributed by atoms with Crippen molar-refractivity contribution in [2.45, 2.75) is 13.3 Å². The third-order valence-electron chi connectivity index (χ3n) is 4.28. The van der Waals surface area contributed by atoms with Crippen molar-refractivity contribution in [1.82, 2.24) is 10.2 Å². The van der Waals surface area contributed by atoms with E-state index in [1.807, 2.05) is 30.3 Å². The van der Waals surface area contributed by atoms with Crippen LogP contribution in [0.25, 0.3) is 0 Å². The van der Waals surface area contributed by atoms with E-state index in [2.05, 4.69) is 5.32 Å². The van der Waals surface area contributed by atoms with Crippen LogP contribution in [0.2, 0.25) is 0 Å². The number of carbonyl (C=O) groups is 2. The molecular formula is C21H26N2O4. The first kappa shape index (κ1) is 20.3. The van der Waals surface area contributed by atoms with Crippen molar-refractivity contribution in [2.24, 2.45) is 0 Å². The van der Waals surface area contributed by atoms with E-state index in [4.69, 9.17) is 9.47 Å². The summed E-state index contributed by atoms with van der Waals surface area (Å²) in [7, 11) is 3.01. The van der Waals surface area contributed by atoms with E-state index in [-0.39, 0.29) is 11.8 Å². The fraction of sp³-hybridized carbons (Fsp3) is 0.333. The normalized spacial score (nSPS) is 10.2. The molecule has 0 aliphatic carbocycles. The minimum atomic E-state index is -0.295. The Bertz CT molecular complexity index is 740. The Hall–Kier alpha value is -3.02. The van der Waals surface area contributed by atoms with Crippen molar-refractivity contribution in [3.8, 4) is 11.5 Å². The van der Waals surface area contributed by atoms with Gasteiger partial charge < -0.3 is 19.7 Å². The Balaban J connectivity index is 1.93. The predicted octanol–water partition coefficient (Wildman–Crippen LogP) is 2.52. The Morgan fingerprint density at radius 2 is 1.56 bits per heavy atom. The van der Waals surface area contributed by atoms with E-state index in [1.54, 1.807) is 23.1 Å². The van der Waals surface area contributed by atoms with Gasteiger partial charge in [-0.15, -0.1) is 0 Å². The third kappa shape index (κ3) is 5.74. The minimum Gasteiger partial charge on any atom is -0.496 e. The molecule has 0 atom stereocenters. The summed E-state index contributed by atoms with van der Waals surface area (Å²) in [6.07, 6.45) is 0.773. The van der Waals surface area contributed by atoms with Gasteiger partial charge in [-0.1, -0.05) is 36.4 Å². The maximum Gasteiger partial charge on any atom is 0.258 e. The molecule has 0 saturated heterocycles. The number of ether oxygens (including phenoxy) is 2. The molecule has 1 N–H and O–H groups in total. The summed E-state index contributed by atoms with van der Waals surface area (Å²) in [5, 5.41) is 2.84. The van der Waals surface area contributed by atoms with Crippen LogP contribution in [-0.2, 0) is 11.2 Å². The van der Waals surface area contributed by atoms with Crippen LogP contribution in [0.3, 0.4) is 0 Å². The van der Waals surface area contributed by atoms with Gasteiger partial charge in [0.1, 0.15) is 17.1 Å². The highest BCUT2D eigenvalue weighted by atomic mass is 16.5. The molecule has 0 saturated carbocycles. The predicted molar refractivity (Wildman–Crippen MR) is 104 cm³/mol. The second-order valence-corrected chi connectivity index (χ2v) is 6.04. The van der Waals surface area contributed by atoms with Gasteiger partial charge in [0.15, 0.2) is 0 Å². The molecule has 0 aliphatic heterocycles. The summed E-state index contributed by atoms with van der Waals surface area (Å²) in [6.45, 7) is 2.92. The second-order valence-electron chi connectivity index (χ2n) is 6.04. The molecule has 0 bridgehead atoms. The highest BCUT2D eigenvalue weighted by Gasteiger charge is 2.18. The molecular weight excluding hydrogens is 344 g/mol. The molecule has 0 heterocycles. The fourth-order valence-electron chi connectivity index (χ4n) is 2.80. The van der Waals surface area contributed by atoms with Crippen LogP contribution in [0.15, 0.2) is 48.5 Å². The van der Waals surface area contributed by atoms with Gasteiger partial charge in [0, 0.05) is 26.6 Å². The van der Waals surface area contributed by atoms with Crippen molar-refractivity contribution in [2.75, 3.05) is 33.9 Å². The first-order valence-electron chi connectivity index (χ1n) is 8.85. The number of methoxy groups -OCH3 is 2. The van der Waals surface area contributed by atoms with Crippen LogP contribution in [-0.4, -0.2) is 50.6 Å². The molecule has 0 fully saturated rings. The number of nitrogens with zero attached hydrogens (tertiary/aromatic N) is 1. The molecule has 2 aromatic rings. The largest absolute Gasteiger partial charge is 0.496 e. The first-order chi connectivity index (χ1) is 13.1. The van der Waals surface area contributed by atoms with Crippen molar-refractivity contribution >= 4 is 11.8 Å². The van der Waals surface area contributed by atoms with E-state index in [0.717, 1.165) is 6.42 Å². The monoisotopic (exact) mass is 370 g/mol. The standard InChI is InChI=1S/C21H26N2O4/c1-16(24)23(14-12-17-8-5-4-6-9-17)15-13-22-21(25)20-18(26-2)10-7-11-19(20)27-3/h4-11H,12-15H2,1-3H3,(H,22,25). The van der Waals surface area contributed by atoms with E-state index < -0.39 is 0 Å². The van der Waals surface area contributed by atoms with Gasteiger partial charge >= 0.3 is 0 Å². The average molecular weight is 370 g/mol. The fourth-order valence-corrected chi connectivity index (χ4v) is 2.80. The number of carbonyl (C=O) groups excluding carboxylic acids is 2. The van der Waals surface area contributed by atoms with Gasteiger partial charge in [-0.25, -0.2) is 0 Å². The molecule has 0 aromatic heterocycles. The second kappa shape index (κ2) is 10.2. The van der Waals surface area contributed by atoms with Crippen LogP contribution in [0.1, 0.15) is 22.8 Å². The molecule has 0 spiro atoms. The molecule has 6 heteroatoms. The van der Waals surface area contributed by atoms with Crippen LogP contribution in [0.4, 0.5) is 0 Å². The molecule has 0 radical (unpaired) electrons. The lowest BCUT2D eigenvalue weighted by molar-refractivity contribution is -0.128. The van der Waals surface area contributed by atoms with E-state index >= 15 is 0 Å². The molecule has 2 aromatic carbocycles. The molecule has 0 aliphatic rings. The van der Waals surface area contributed by atoms with Crippen molar-refractivity contribution < 1.29 is 19.1 Å². The molecule has 2 amide bonds. The lowest BCUT2D eigenvalue weighted by Gasteiger charge is -2.21. The molecule has 6 nitrogen and oxygen atoms in total. The zero-order valence-corrected chi connectivity index (χ0v) is 16.0. The van der Waals surface area contributed by atoms with E-state index in [0.29, 0.717) is 36.7 Å². The van der Waals surface area contributed by atoms with Crippen LogP contribution < -0.4 is 14.8 Å². The van der Waals surface area contributed by atoms with Gasteiger partial charge in [-0.3, -0.25) is 9.59 Å². The van der Waals surface area contributed by atoms with Crippen molar-refractivity contribution in [3.63, 3.8) is 0 Å². The minimum absolute atomic E-state index is 0.0185. The number of benzene rings is 2. The Morgan fingerprint density at radius 1 is 0.926 bits per heavy atom. The zero-order valence-electron chi connectivity index (χ0n) is 16.0. The van der Waals surface area contributed by atoms with Crippen molar-refractivity contribution in [1.29, 1.82) is 0 Å². The van der Waals surface area contributed by atoms with Crippen LogP contribution in [0.5, 0.6) is 11.5 Å². The number of rotatable bonds is 9. The van der Waals surface area contributed by atoms with Gasteiger partial charge in [0.2, 0.25) is 5.91 Å². The summed E-state index contributed by atoms with van der Waals surface area (Å²) >= 11 is 0. The number of nitrogens with one attached hydrogen (secondary N) is 1. The quantitative estimate of drug-likeness (QED) is 0.737. The zero-order chi connectivity index (χ0) is 19.6. The number of amides is 2. The summed E-state index contributed by atoms with van der Waals surface area (Å²) in [4.78, 5) is 26.2. The summed E-state index contributed by atoms with van der Waals surface area (Å²) in [5.74, 6) is 0.574. The maximum absolute atomic E-state index is 12.6. The Kier molecular flexibility index (Phi) is 7.67. The number of hydrogen-bond donors (Lipinski definition) is 1. The van der Waals surface area contributed by atoms with Gasteiger partial charge in [0.25, 0.3) is 5.91 Å². The summed E-state index contributed by atoms with van der Waals surface area (Å²) < 4.78 is 10.5. The van der Waals surface area contributed by atoms with Gasteiger partial charge in [-0.2, -0.15) is 0 Å². The molecule has 2 rings (SSSR count). The molecule has 27 heavy (non-hydrogen) atoms. The SMILES string of the molecule is COc1cccc(OC)c1C(=O)NCCN(CCc1ccccc1)C(C)=O. The molecule has 0 unspecified atom stereocenters. The van der Waals surface area contributed by atoms with Gasteiger partial charge in [0.05, 0.1) is 14.2 Å². The topological polar surface area (TPSA) is 67.9 Å². The first-order valence-corrected chi connectivity index (χ1v) is 8.85. The lowest BCUT2D eigenvalue weighted by Crippen LogP contribution is -2.38. The third-order valence-corrected chi connectivity index (χ3v) is 4.28. The Labute approximate surface area is 160 Å². The maximum atomic E-state index is 12.6. The van der Waals surface area contributed by atoms with Gasteiger partial charge in [-0.05, 0) is 24.1 Å². The van der Waals surface area contributed by atoms with Crippen LogP contribution in [0, 0.1) is 0 Å². The average Bonchev–Trinajstić information content (AvgIpc) is 2.70. The van der Waals surface area contributed by atoms with E-state index in [9.17, 15) is 9.59 Å². The number of hydrogen-bond acceptors (Lipinski definition) is 4. The van der Waals surface area contributed by atoms with E-state index in [1.165, 1.54) is 26.7 Å². The Morgan fingerprint density at radius 3 is 2.11 bits per heavy atom. The summed E-state index contributed by atoms with van der Waals surface area (Å²) in [5.41, 5.74) is 1.52. The summed E-state index contributed by atoms with van der Waals surface area (Å²) in [6, 6.07) is 15.2. The van der Waals surface area contributed by atoms with Crippen molar-refractivity contribution in [3.05, 3.63) is 59.7 Å².